The second-order valence-electron chi connectivity index (χ2n) is 7.59. The summed E-state index contributed by atoms with van der Waals surface area (Å²) in [6.45, 7) is 4.34. The molecular weight excluding hydrogens is 424 g/mol. The molecule has 170 valence electrons. The van der Waals surface area contributed by atoms with E-state index in [2.05, 4.69) is 15.8 Å². The van der Waals surface area contributed by atoms with Crippen molar-refractivity contribution in [1.29, 1.82) is 0 Å². The number of hydrogen-bond donors (Lipinski definition) is 2. The van der Waals surface area contributed by atoms with Gasteiger partial charge in [-0.1, -0.05) is 0 Å². The number of fused-ring (bicyclic) bond motifs is 1. The summed E-state index contributed by atoms with van der Waals surface area (Å²) in [5.74, 6) is 1.41. The number of hydrogen-bond acceptors (Lipinski definition) is 7. The van der Waals surface area contributed by atoms with Crippen LogP contribution >= 0.6 is 0 Å². The van der Waals surface area contributed by atoms with E-state index in [0.717, 1.165) is 47.6 Å². The van der Waals surface area contributed by atoms with Crippen molar-refractivity contribution >= 4 is 28.7 Å². The number of carbonyl (C=O) groups is 1. The number of aryl methyl sites for hydroxylation is 1. The van der Waals surface area contributed by atoms with E-state index < -0.39 is 4.92 Å². The van der Waals surface area contributed by atoms with Gasteiger partial charge in [0.15, 0.2) is 5.76 Å². The van der Waals surface area contributed by atoms with E-state index in [0.29, 0.717) is 18.0 Å². The second-order valence-corrected chi connectivity index (χ2v) is 7.59. The van der Waals surface area contributed by atoms with Gasteiger partial charge in [-0.2, -0.15) is 5.10 Å². The highest BCUT2D eigenvalue weighted by molar-refractivity contribution is 6.09. The molecular formula is C24H24N4O5. The number of nitro benzene ring substituents is 1. The molecule has 9 nitrogen and oxygen atoms in total. The molecule has 0 radical (unpaired) electrons. The largest absolute Gasteiger partial charge is 0.494 e. The van der Waals surface area contributed by atoms with E-state index in [1.165, 1.54) is 12.1 Å². The first-order valence-corrected chi connectivity index (χ1v) is 10.7. The Hall–Kier alpha value is -4.14. The average molecular weight is 448 g/mol. The van der Waals surface area contributed by atoms with Gasteiger partial charge in [-0.15, -0.1) is 0 Å². The van der Waals surface area contributed by atoms with E-state index in [4.69, 9.17) is 9.15 Å². The van der Waals surface area contributed by atoms with Gasteiger partial charge in [0.05, 0.1) is 22.9 Å². The molecule has 2 aromatic carbocycles. The molecule has 1 aliphatic rings. The zero-order valence-corrected chi connectivity index (χ0v) is 18.4. The van der Waals surface area contributed by atoms with Crippen LogP contribution in [0.5, 0.6) is 5.75 Å². The summed E-state index contributed by atoms with van der Waals surface area (Å²) < 4.78 is 11.4. The van der Waals surface area contributed by atoms with Crippen LogP contribution in [0, 0.1) is 17.0 Å². The minimum atomic E-state index is -0.447. The van der Waals surface area contributed by atoms with Crippen LogP contribution < -0.4 is 15.5 Å². The lowest BCUT2D eigenvalue weighted by atomic mass is 9.93. The first-order chi connectivity index (χ1) is 16.0. The van der Waals surface area contributed by atoms with Gasteiger partial charge in [-0.25, -0.2) is 0 Å². The smallest absolute Gasteiger partial charge is 0.291 e. The molecule has 1 heterocycles. The second kappa shape index (κ2) is 9.56. The highest BCUT2D eigenvalue weighted by Crippen LogP contribution is 2.31. The lowest BCUT2D eigenvalue weighted by molar-refractivity contribution is -0.384. The average Bonchev–Trinajstić information content (AvgIpc) is 3.16. The Morgan fingerprint density at radius 1 is 1.12 bits per heavy atom. The summed E-state index contributed by atoms with van der Waals surface area (Å²) in [4.78, 5) is 23.3. The maximum absolute atomic E-state index is 12.9. The Morgan fingerprint density at radius 2 is 1.82 bits per heavy atom. The number of nitro groups is 1. The summed E-state index contributed by atoms with van der Waals surface area (Å²) in [7, 11) is 0. The van der Waals surface area contributed by atoms with Crippen molar-refractivity contribution in [2.75, 3.05) is 17.3 Å². The van der Waals surface area contributed by atoms with Crippen LogP contribution in [0.4, 0.5) is 17.1 Å². The van der Waals surface area contributed by atoms with Crippen molar-refractivity contribution in [1.82, 2.24) is 0 Å². The summed E-state index contributed by atoms with van der Waals surface area (Å²) >= 11 is 0. The lowest BCUT2D eigenvalue weighted by Gasteiger charge is -2.13. The minimum absolute atomic E-state index is 0.0158. The van der Waals surface area contributed by atoms with Crippen LogP contribution in [0.25, 0.3) is 0 Å². The zero-order chi connectivity index (χ0) is 23.4. The first-order valence-electron chi connectivity index (χ1n) is 10.7. The standard InChI is InChI=1S/C24H24N4O5/c1-3-32-19-13-9-16(10-14-19)25-24(29)23-15(2)22-20(5-4-6-21(22)33-23)27-26-17-7-11-18(12-8-17)28(30)31/h7-14,26H,3-6H2,1-2H3,(H,25,29)/b27-20+. The maximum atomic E-state index is 12.9. The van der Waals surface area contributed by atoms with Crippen molar-refractivity contribution in [3.63, 3.8) is 0 Å². The molecule has 0 bridgehead atoms. The highest BCUT2D eigenvalue weighted by atomic mass is 16.6. The normalized spacial score (nSPS) is 13.9. The molecule has 4 rings (SSSR count). The molecule has 0 spiro atoms. The molecule has 33 heavy (non-hydrogen) atoms. The number of benzene rings is 2. The molecule has 1 aromatic heterocycles. The Morgan fingerprint density at radius 3 is 2.48 bits per heavy atom. The molecule has 0 saturated heterocycles. The molecule has 2 N–H and O–H groups in total. The summed E-state index contributed by atoms with van der Waals surface area (Å²) in [6, 6.07) is 13.2. The molecule has 0 unspecified atom stereocenters. The van der Waals surface area contributed by atoms with Gasteiger partial charge in [0, 0.05) is 35.4 Å². The lowest BCUT2D eigenvalue weighted by Crippen LogP contribution is -2.14. The molecule has 1 aliphatic carbocycles. The number of ether oxygens (including phenoxy) is 1. The van der Waals surface area contributed by atoms with E-state index >= 15 is 0 Å². The molecule has 0 aliphatic heterocycles. The van der Waals surface area contributed by atoms with Gasteiger partial charge < -0.3 is 14.5 Å². The van der Waals surface area contributed by atoms with Crippen molar-refractivity contribution in [3.8, 4) is 5.75 Å². The molecule has 1 amide bonds. The molecule has 0 fully saturated rings. The van der Waals surface area contributed by atoms with Crippen molar-refractivity contribution in [2.24, 2.45) is 5.10 Å². The number of furan rings is 1. The minimum Gasteiger partial charge on any atom is -0.494 e. The number of nitrogens with one attached hydrogen (secondary N) is 2. The third-order valence-electron chi connectivity index (χ3n) is 5.35. The third-order valence-corrected chi connectivity index (χ3v) is 5.35. The number of hydrazone groups is 1. The van der Waals surface area contributed by atoms with Crippen molar-refractivity contribution in [3.05, 3.63) is 81.3 Å². The fourth-order valence-electron chi connectivity index (χ4n) is 3.78. The fourth-order valence-corrected chi connectivity index (χ4v) is 3.78. The fraction of sp³-hybridized carbons (Fsp3) is 0.250. The summed E-state index contributed by atoms with van der Waals surface area (Å²) in [5.41, 5.74) is 6.61. The topological polar surface area (TPSA) is 119 Å². The van der Waals surface area contributed by atoms with Crippen molar-refractivity contribution < 1.29 is 18.9 Å². The molecule has 0 saturated carbocycles. The van der Waals surface area contributed by atoms with E-state index in [1.54, 1.807) is 36.4 Å². The molecule has 3 aromatic rings. The van der Waals surface area contributed by atoms with Gasteiger partial charge in [-0.3, -0.25) is 20.3 Å². The van der Waals surface area contributed by atoms with Crippen LogP contribution in [-0.4, -0.2) is 23.1 Å². The predicted molar refractivity (Wildman–Crippen MR) is 125 cm³/mol. The Kier molecular flexibility index (Phi) is 6.39. The van der Waals surface area contributed by atoms with Crippen LogP contribution in [-0.2, 0) is 6.42 Å². The first kappa shape index (κ1) is 22.1. The number of rotatable bonds is 7. The molecule has 0 atom stereocenters. The van der Waals surface area contributed by atoms with Crippen LogP contribution in [0.3, 0.4) is 0 Å². The Labute approximate surface area is 190 Å². The van der Waals surface area contributed by atoms with Gasteiger partial charge in [-0.05, 0) is 63.1 Å². The number of carbonyl (C=O) groups excluding carboxylic acids is 1. The number of non-ortho nitro benzene ring substituents is 1. The molecule has 9 heteroatoms. The zero-order valence-electron chi connectivity index (χ0n) is 18.4. The maximum Gasteiger partial charge on any atom is 0.291 e. The number of nitrogens with zero attached hydrogens (tertiary/aromatic N) is 2. The van der Waals surface area contributed by atoms with E-state index in [-0.39, 0.29) is 17.4 Å². The highest BCUT2D eigenvalue weighted by Gasteiger charge is 2.28. The van der Waals surface area contributed by atoms with Gasteiger partial charge in [0.1, 0.15) is 11.5 Å². The Balaban J connectivity index is 1.52. The third kappa shape index (κ3) is 4.87. The van der Waals surface area contributed by atoms with Gasteiger partial charge >= 0.3 is 0 Å². The summed E-state index contributed by atoms with van der Waals surface area (Å²) in [5, 5.41) is 18.2. The van der Waals surface area contributed by atoms with Crippen molar-refractivity contribution in [2.45, 2.75) is 33.1 Å². The monoisotopic (exact) mass is 448 g/mol. The SMILES string of the molecule is CCOc1ccc(NC(=O)c2oc3c(c2C)/C(=N/Nc2ccc([N+](=O)[O-])cc2)CCC3)cc1. The van der Waals surface area contributed by atoms with Crippen LogP contribution in [0.15, 0.2) is 58.0 Å². The Bertz CT molecular complexity index is 1200. The van der Waals surface area contributed by atoms with E-state index in [1.807, 2.05) is 13.8 Å². The number of amides is 1. The number of anilines is 2. The van der Waals surface area contributed by atoms with Gasteiger partial charge in [0.2, 0.25) is 0 Å². The van der Waals surface area contributed by atoms with Gasteiger partial charge in [0.25, 0.3) is 11.6 Å². The summed E-state index contributed by atoms with van der Waals surface area (Å²) in [6.07, 6.45) is 2.30. The quantitative estimate of drug-likeness (QED) is 0.374. The van der Waals surface area contributed by atoms with Crippen LogP contribution in [0.2, 0.25) is 0 Å². The van der Waals surface area contributed by atoms with E-state index in [9.17, 15) is 14.9 Å². The van der Waals surface area contributed by atoms with Crippen LogP contribution in [0.1, 0.15) is 47.2 Å². The predicted octanol–water partition coefficient (Wildman–Crippen LogP) is 5.30.